The Hall–Kier alpha value is -0.120. The number of morpholine rings is 1. The van der Waals surface area contributed by atoms with Crippen molar-refractivity contribution in [3.05, 3.63) is 0 Å². The fourth-order valence-corrected chi connectivity index (χ4v) is 1.22. The zero-order chi connectivity index (χ0) is 7.40. The molecule has 0 saturated carbocycles. The van der Waals surface area contributed by atoms with Crippen molar-refractivity contribution in [1.82, 2.24) is 10.2 Å². The van der Waals surface area contributed by atoms with Crippen molar-refractivity contribution in [1.29, 1.82) is 0 Å². The van der Waals surface area contributed by atoms with Crippen LogP contribution in [0.1, 0.15) is 0 Å². The van der Waals surface area contributed by atoms with Gasteiger partial charge < -0.3 is 15.0 Å². The van der Waals surface area contributed by atoms with Gasteiger partial charge in [0, 0.05) is 19.6 Å². The first-order valence-corrected chi connectivity index (χ1v) is 3.77. The fraction of sp³-hybridized carbons (Fsp3) is 1.00. The second kappa shape index (κ2) is 3.91. The summed E-state index contributed by atoms with van der Waals surface area (Å²) in [5, 5.41) is 3.11. The van der Waals surface area contributed by atoms with Crippen LogP contribution in [0.3, 0.4) is 0 Å². The minimum Gasteiger partial charge on any atom is -0.374 e. The first kappa shape index (κ1) is 7.98. The minimum absolute atomic E-state index is 0.392. The van der Waals surface area contributed by atoms with E-state index in [2.05, 4.69) is 17.3 Å². The molecule has 3 nitrogen and oxygen atoms in total. The average Bonchev–Trinajstić information content (AvgIpc) is 1.88. The van der Waals surface area contributed by atoms with E-state index in [1.807, 2.05) is 7.05 Å². The van der Waals surface area contributed by atoms with Gasteiger partial charge >= 0.3 is 0 Å². The molecule has 0 aromatic heterocycles. The molecule has 1 fully saturated rings. The Bertz CT molecular complexity index is 95.6. The molecule has 0 bridgehead atoms. The maximum atomic E-state index is 5.48. The number of likely N-dealkylation sites (N-methyl/N-ethyl adjacent to an activating group) is 2. The summed E-state index contributed by atoms with van der Waals surface area (Å²) in [6, 6.07) is 0. The maximum absolute atomic E-state index is 5.48. The van der Waals surface area contributed by atoms with E-state index in [9.17, 15) is 0 Å². The first-order chi connectivity index (χ1) is 4.83. The van der Waals surface area contributed by atoms with Crippen LogP contribution in [0, 0.1) is 0 Å². The topological polar surface area (TPSA) is 24.5 Å². The van der Waals surface area contributed by atoms with E-state index in [1.54, 1.807) is 0 Å². The molecule has 0 radical (unpaired) electrons. The van der Waals surface area contributed by atoms with Crippen LogP contribution in [0.25, 0.3) is 0 Å². The molecule has 1 aliphatic heterocycles. The van der Waals surface area contributed by atoms with E-state index in [-0.39, 0.29) is 0 Å². The highest BCUT2D eigenvalue weighted by Gasteiger charge is 2.15. The summed E-state index contributed by atoms with van der Waals surface area (Å²) in [4.78, 5) is 2.30. The summed E-state index contributed by atoms with van der Waals surface area (Å²) in [7, 11) is 4.09. The lowest BCUT2D eigenvalue weighted by molar-refractivity contribution is -0.0172. The molecule has 1 aliphatic rings. The van der Waals surface area contributed by atoms with Gasteiger partial charge in [-0.05, 0) is 14.1 Å². The van der Waals surface area contributed by atoms with E-state index in [4.69, 9.17) is 4.74 Å². The van der Waals surface area contributed by atoms with Gasteiger partial charge in [-0.2, -0.15) is 0 Å². The molecule has 1 N–H and O–H groups in total. The minimum atomic E-state index is 0.392. The third kappa shape index (κ3) is 2.25. The quantitative estimate of drug-likeness (QED) is 0.567. The summed E-state index contributed by atoms with van der Waals surface area (Å²) in [6.45, 7) is 3.97. The highest BCUT2D eigenvalue weighted by molar-refractivity contribution is 4.69. The van der Waals surface area contributed by atoms with Crippen molar-refractivity contribution in [2.75, 3.05) is 40.3 Å². The Balaban J connectivity index is 2.18. The number of ether oxygens (including phenoxy) is 1. The van der Waals surface area contributed by atoms with Crippen LogP contribution in [0.4, 0.5) is 0 Å². The summed E-state index contributed by atoms with van der Waals surface area (Å²) in [5.74, 6) is 0. The molecule has 0 amide bonds. The molecule has 1 saturated heterocycles. The first-order valence-electron chi connectivity index (χ1n) is 3.77. The van der Waals surface area contributed by atoms with Crippen LogP contribution >= 0.6 is 0 Å². The Morgan fingerprint density at radius 3 is 3.10 bits per heavy atom. The van der Waals surface area contributed by atoms with E-state index in [0.717, 1.165) is 26.2 Å². The van der Waals surface area contributed by atoms with Gasteiger partial charge in [-0.1, -0.05) is 0 Å². The normalized spacial score (nSPS) is 28.8. The zero-order valence-electron chi connectivity index (χ0n) is 6.76. The molecule has 1 unspecified atom stereocenters. The number of nitrogens with one attached hydrogen (secondary N) is 1. The summed E-state index contributed by atoms with van der Waals surface area (Å²) in [6.07, 6.45) is 0.392. The Morgan fingerprint density at radius 2 is 2.50 bits per heavy atom. The molecule has 0 spiro atoms. The van der Waals surface area contributed by atoms with E-state index in [0.29, 0.717) is 6.10 Å². The average molecular weight is 144 g/mol. The summed E-state index contributed by atoms with van der Waals surface area (Å²) >= 11 is 0. The van der Waals surface area contributed by atoms with Gasteiger partial charge in [0.15, 0.2) is 0 Å². The Morgan fingerprint density at radius 1 is 1.70 bits per heavy atom. The monoisotopic (exact) mass is 144 g/mol. The van der Waals surface area contributed by atoms with Crippen LogP contribution in [0.5, 0.6) is 0 Å². The van der Waals surface area contributed by atoms with Crippen LogP contribution < -0.4 is 5.32 Å². The van der Waals surface area contributed by atoms with Gasteiger partial charge in [0.2, 0.25) is 0 Å². The van der Waals surface area contributed by atoms with Crippen LogP contribution in [-0.2, 0) is 4.74 Å². The third-order valence-corrected chi connectivity index (χ3v) is 1.77. The van der Waals surface area contributed by atoms with Gasteiger partial charge in [0.25, 0.3) is 0 Å². The van der Waals surface area contributed by atoms with Crippen molar-refractivity contribution in [3.8, 4) is 0 Å². The van der Waals surface area contributed by atoms with Crippen molar-refractivity contribution in [2.24, 2.45) is 0 Å². The summed E-state index contributed by atoms with van der Waals surface area (Å²) < 4.78 is 5.48. The third-order valence-electron chi connectivity index (χ3n) is 1.77. The zero-order valence-corrected chi connectivity index (χ0v) is 6.76. The lowest BCUT2D eigenvalue weighted by Crippen LogP contribution is -2.44. The summed E-state index contributed by atoms with van der Waals surface area (Å²) in [5.41, 5.74) is 0. The number of hydrogen-bond acceptors (Lipinski definition) is 3. The smallest absolute Gasteiger partial charge is 0.0826 e. The van der Waals surface area contributed by atoms with Crippen LogP contribution in [-0.4, -0.2) is 51.3 Å². The lowest BCUT2D eigenvalue weighted by Gasteiger charge is -2.29. The van der Waals surface area contributed by atoms with E-state index < -0.39 is 0 Å². The van der Waals surface area contributed by atoms with E-state index in [1.165, 1.54) is 0 Å². The Kier molecular flexibility index (Phi) is 3.12. The van der Waals surface area contributed by atoms with Gasteiger partial charge in [0.1, 0.15) is 0 Å². The SMILES string of the molecule is CNCC1CN(C)CCO1. The molecular weight excluding hydrogens is 128 g/mol. The Labute approximate surface area is 62.3 Å². The molecule has 1 rings (SSSR count). The van der Waals surface area contributed by atoms with Gasteiger partial charge in [-0.15, -0.1) is 0 Å². The molecule has 10 heavy (non-hydrogen) atoms. The molecule has 1 heterocycles. The largest absolute Gasteiger partial charge is 0.374 e. The van der Waals surface area contributed by atoms with Gasteiger partial charge in [-0.25, -0.2) is 0 Å². The predicted molar refractivity (Wildman–Crippen MR) is 41.2 cm³/mol. The number of rotatable bonds is 2. The van der Waals surface area contributed by atoms with Crippen molar-refractivity contribution in [2.45, 2.75) is 6.10 Å². The van der Waals surface area contributed by atoms with Crippen molar-refractivity contribution >= 4 is 0 Å². The van der Waals surface area contributed by atoms with Crippen LogP contribution in [0.2, 0.25) is 0 Å². The van der Waals surface area contributed by atoms with E-state index >= 15 is 0 Å². The predicted octanol–water partition coefficient (Wildman–Crippen LogP) is -0.464. The lowest BCUT2D eigenvalue weighted by atomic mass is 10.3. The standard InChI is InChI=1S/C7H16N2O/c1-8-5-7-6-9(2)3-4-10-7/h7-8H,3-6H2,1-2H3. The highest BCUT2D eigenvalue weighted by Crippen LogP contribution is 2.00. The highest BCUT2D eigenvalue weighted by atomic mass is 16.5. The number of nitrogens with zero attached hydrogens (tertiary/aromatic N) is 1. The fourth-order valence-electron chi connectivity index (χ4n) is 1.22. The van der Waals surface area contributed by atoms with Crippen molar-refractivity contribution in [3.63, 3.8) is 0 Å². The van der Waals surface area contributed by atoms with Gasteiger partial charge in [-0.3, -0.25) is 0 Å². The van der Waals surface area contributed by atoms with Crippen LogP contribution in [0.15, 0.2) is 0 Å². The van der Waals surface area contributed by atoms with Crippen molar-refractivity contribution < 1.29 is 4.74 Å². The number of hydrogen-bond donors (Lipinski definition) is 1. The second-order valence-corrected chi connectivity index (χ2v) is 2.81. The molecular formula is C7H16N2O. The second-order valence-electron chi connectivity index (χ2n) is 2.81. The molecule has 0 aromatic carbocycles. The molecule has 60 valence electrons. The molecule has 3 heteroatoms. The molecule has 1 atom stereocenters. The molecule has 0 aliphatic carbocycles. The maximum Gasteiger partial charge on any atom is 0.0826 e. The van der Waals surface area contributed by atoms with Gasteiger partial charge in [0.05, 0.1) is 12.7 Å². The molecule has 0 aromatic rings.